The largest absolute Gasteiger partial charge is 0.449 e. The van der Waals surface area contributed by atoms with Crippen LogP contribution in [0.2, 0.25) is 0 Å². The first-order chi connectivity index (χ1) is 11.9. The maximum Gasteiger partial charge on any atom is 0.449 e. The highest BCUT2D eigenvalue weighted by Crippen LogP contribution is 2.44. The van der Waals surface area contributed by atoms with Gasteiger partial charge in [0.2, 0.25) is 11.7 Å². The van der Waals surface area contributed by atoms with E-state index in [-0.39, 0.29) is 6.42 Å². The third kappa shape index (κ3) is 3.87. The summed E-state index contributed by atoms with van der Waals surface area (Å²) in [4.78, 5) is 20.0. The molecular weight excluding hydrogens is 361 g/mol. The highest BCUT2D eigenvalue weighted by Gasteiger charge is 2.66. The Balaban J connectivity index is 2.21. The van der Waals surface area contributed by atoms with Crippen LogP contribution in [0.1, 0.15) is 20.3 Å². The van der Waals surface area contributed by atoms with Crippen LogP contribution in [-0.4, -0.2) is 66.2 Å². The Bertz CT molecular complexity index is 639. The molecule has 2 N–H and O–H groups in total. The first-order valence-corrected chi connectivity index (χ1v) is 7.85. The molecule has 0 aliphatic carbocycles. The van der Waals surface area contributed by atoms with Gasteiger partial charge in [0, 0.05) is 19.5 Å². The van der Waals surface area contributed by atoms with Crippen LogP contribution < -0.4 is 10.6 Å². The maximum atomic E-state index is 13.6. The molecule has 11 heteroatoms. The van der Waals surface area contributed by atoms with Crippen LogP contribution >= 0.6 is 0 Å². The molecule has 2 aliphatic heterocycles. The van der Waals surface area contributed by atoms with Crippen molar-refractivity contribution in [1.82, 2.24) is 15.5 Å². The third-order valence-corrected chi connectivity index (χ3v) is 4.42. The molecule has 146 valence electrons. The van der Waals surface area contributed by atoms with Crippen LogP contribution in [0, 0.1) is 0 Å². The summed E-state index contributed by atoms with van der Waals surface area (Å²) in [5.74, 6) is -2.87. The first-order valence-electron chi connectivity index (χ1n) is 7.85. The van der Waals surface area contributed by atoms with Gasteiger partial charge in [-0.2, -0.15) is 13.2 Å². The Morgan fingerprint density at radius 2 is 2.08 bits per heavy atom. The van der Waals surface area contributed by atoms with E-state index < -0.39 is 53.8 Å². The molecule has 1 amide bonds. The number of hydrogen-bond donors (Lipinski definition) is 2. The van der Waals surface area contributed by atoms with Crippen molar-refractivity contribution in [2.45, 2.75) is 56.5 Å². The minimum Gasteiger partial charge on any atom is -0.331 e. The van der Waals surface area contributed by atoms with Crippen LogP contribution in [0.4, 0.5) is 22.0 Å². The summed E-state index contributed by atoms with van der Waals surface area (Å²) in [7, 11) is 0.951. The molecule has 2 aliphatic rings. The molecule has 0 saturated carbocycles. The molecule has 2 saturated heterocycles. The number of amides is 1. The molecule has 5 atom stereocenters. The Morgan fingerprint density at radius 1 is 1.46 bits per heavy atom. The second-order valence-electron chi connectivity index (χ2n) is 6.38. The molecule has 2 heterocycles. The molecule has 0 radical (unpaired) electrons. The number of allylic oxidation sites excluding steroid dienone is 1. The van der Waals surface area contributed by atoms with E-state index in [9.17, 15) is 26.7 Å². The molecule has 26 heavy (non-hydrogen) atoms. The number of halogens is 5. The number of nitrogens with one attached hydrogen (secondary N) is 2. The average Bonchev–Trinajstić information content (AvgIpc) is 2.89. The highest BCUT2D eigenvalue weighted by molar-refractivity contribution is 5.93. The van der Waals surface area contributed by atoms with E-state index in [1.807, 2.05) is 0 Å². The zero-order chi connectivity index (χ0) is 19.9. The van der Waals surface area contributed by atoms with E-state index in [1.165, 1.54) is 6.92 Å². The van der Waals surface area contributed by atoms with Crippen LogP contribution in [0.3, 0.4) is 0 Å². The molecule has 0 bridgehead atoms. The van der Waals surface area contributed by atoms with Gasteiger partial charge in [0.1, 0.15) is 18.2 Å². The van der Waals surface area contributed by atoms with Gasteiger partial charge >= 0.3 is 6.18 Å². The predicted molar refractivity (Wildman–Crippen MR) is 86.2 cm³/mol. The van der Waals surface area contributed by atoms with Gasteiger partial charge in [-0.05, 0) is 13.8 Å². The van der Waals surface area contributed by atoms with Gasteiger partial charge in [0.15, 0.2) is 5.66 Å². The predicted octanol–water partition coefficient (Wildman–Crippen LogP) is 1.69. The summed E-state index contributed by atoms with van der Waals surface area (Å²) >= 11 is 0. The Kier molecular flexibility index (Phi) is 5.41. The standard InChI is InChI=1S/C15H20F5N5O/c1-7(16)6-22-14(3)12(25(14)13(21-4)15(18,19)20)24-11(26)10-5-9(17)8(2)23-10/h6,8-10,12,23H,1,5H2,2-4H3,(H,24,26)/t8-,9+,10-,12?,14+,25?/m0/s1. The number of nitrogens with zero attached hydrogens (tertiary/aromatic N) is 3. The lowest BCUT2D eigenvalue weighted by Crippen LogP contribution is -2.45. The summed E-state index contributed by atoms with van der Waals surface area (Å²) in [6, 6.07) is -1.41. The fourth-order valence-corrected chi connectivity index (χ4v) is 2.96. The topological polar surface area (TPSA) is 68.9 Å². The van der Waals surface area contributed by atoms with Gasteiger partial charge in [0.25, 0.3) is 0 Å². The number of amidine groups is 1. The van der Waals surface area contributed by atoms with Crippen molar-refractivity contribution >= 4 is 18.0 Å². The van der Waals surface area contributed by atoms with Gasteiger partial charge in [-0.25, -0.2) is 8.78 Å². The number of alkyl halides is 4. The van der Waals surface area contributed by atoms with E-state index in [4.69, 9.17) is 0 Å². The molecule has 0 aromatic rings. The van der Waals surface area contributed by atoms with Gasteiger partial charge in [0.05, 0.1) is 12.3 Å². The number of rotatable bonds is 4. The minimum atomic E-state index is -4.79. The second kappa shape index (κ2) is 6.93. The summed E-state index contributed by atoms with van der Waals surface area (Å²) in [6.07, 6.45) is -6.64. The van der Waals surface area contributed by atoms with Gasteiger partial charge in [-0.3, -0.25) is 14.8 Å². The lowest BCUT2D eigenvalue weighted by molar-refractivity contribution is -0.123. The van der Waals surface area contributed by atoms with E-state index in [1.54, 1.807) is 6.92 Å². The fourth-order valence-electron chi connectivity index (χ4n) is 2.96. The quantitative estimate of drug-likeness (QED) is 0.337. The van der Waals surface area contributed by atoms with E-state index in [2.05, 4.69) is 27.2 Å². The van der Waals surface area contributed by atoms with Gasteiger partial charge in [-0.15, -0.1) is 0 Å². The van der Waals surface area contributed by atoms with E-state index in [0.29, 0.717) is 6.21 Å². The Labute approximate surface area is 147 Å². The second-order valence-corrected chi connectivity index (χ2v) is 6.38. The number of carbonyl (C=O) groups is 1. The molecule has 2 fully saturated rings. The van der Waals surface area contributed by atoms with Crippen LogP contribution in [0.5, 0.6) is 0 Å². The molecule has 6 nitrogen and oxygen atoms in total. The molecule has 0 spiro atoms. The van der Waals surface area contributed by atoms with Crippen molar-refractivity contribution in [3.05, 3.63) is 12.4 Å². The van der Waals surface area contributed by atoms with Crippen molar-refractivity contribution in [2.24, 2.45) is 9.98 Å². The van der Waals surface area contributed by atoms with Crippen molar-refractivity contribution < 1.29 is 26.7 Å². The normalized spacial score (nSPS) is 35.1. The van der Waals surface area contributed by atoms with E-state index >= 15 is 0 Å². The summed E-state index contributed by atoms with van der Waals surface area (Å²) in [6.45, 7) is 5.82. The molecular formula is C15H20F5N5O. The van der Waals surface area contributed by atoms with E-state index in [0.717, 1.165) is 11.9 Å². The third-order valence-electron chi connectivity index (χ3n) is 4.42. The highest BCUT2D eigenvalue weighted by atomic mass is 19.4. The van der Waals surface area contributed by atoms with Gasteiger partial charge < -0.3 is 15.5 Å². The molecule has 0 aromatic carbocycles. The number of hydrogen-bond acceptors (Lipinski definition) is 4. The molecule has 2 rings (SSSR count). The lowest BCUT2D eigenvalue weighted by Gasteiger charge is -2.14. The van der Waals surface area contributed by atoms with Gasteiger partial charge in [-0.1, -0.05) is 6.58 Å². The Morgan fingerprint density at radius 3 is 2.50 bits per heavy atom. The zero-order valence-corrected chi connectivity index (χ0v) is 14.4. The maximum absolute atomic E-state index is 13.6. The number of carbonyl (C=O) groups excluding carboxylic acids is 1. The monoisotopic (exact) mass is 381 g/mol. The van der Waals surface area contributed by atoms with Crippen molar-refractivity contribution in [3.8, 4) is 0 Å². The minimum absolute atomic E-state index is 0.0883. The Hall–Kier alpha value is -2.04. The van der Waals surface area contributed by atoms with Crippen molar-refractivity contribution in [3.63, 3.8) is 0 Å². The first kappa shape index (κ1) is 20.3. The summed E-state index contributed by atoms with van der Waals surface area (Å²) in [5, 5.41) is 5.13. The summed E-state index contributed by atoms with van der Waals surface area (Å²) in [5.41, 5.74) is -1.59. The molecule has 0 aromatic heterocycles. The fraction of sp³-hybridized carbons (Fsp3) is 0.667. The van der Waals surface area contributed by atoms with Crippen LogP contribution in [0.25, 0.3) is 0 Å². The SMILES string of the molecule is C=C(F)C=N[C@@]1(C)C(NC(=O)[C@@H]2C[C@@H](F)[C@H](C)N2)N1C(=NC)C(F)(F)F. The smallest absolute Gasteiger partial charge is 0.331 e. The summed E-state index contributed by atoms with van der Waals surface area (Å²) < 4.78 is 66.0. The van der Waals surface area contributed by atoms with Crippen molar-refractivity contribution in [1.29, 1.82) is 0 Å². The van der Waals surface area contributed by atoms with Crippen molar-refractivity contribution in [2.75, 3.05) is 7.05 Å². The lowest BCUT2D eigenvalue weighted by atomic mass is 10.1. The zero-order valence-electron chi connectivity index (χ0n) is 14.4. The number of aliphatic imine (C=N–C) groups is 2. The molecule has 1 unspecified atom stereocenters. The van der Waals surface area contributed by atoms with Crippen LogP contribution in [0.15, 0.2) is 22.4 Å². The van der Waals surface area contributed by atoms with Crippen LogP contribution in [-0.2, 0) is 4.79 Å². The average molecular weight is 381 g/mol.